The summed E-state index contributed by atoms with van der Waals surface area (Å²) in [6, 6.07) is 12.4. The number of methoxy groups -OCH3 is 1. The van der Waals surface area contributed by atoms with Crippen LogP contribution in [0, 0.1) is 0 Å². The molecule has 1 fully saturated rings. The van der Waals surface area contributed by atoms with E-state index in [1.54, 1.807) is 36.8 Å². The molecule has 2 aliphatic heterocycles. The SMILES string of the molecule is COCCN1CCN(S(=O)(=O)c2cnc3n2[C@](C)(Cc2ccc(Br)cc2)C(=O)N3c2cc(Cl)cc(Cl)c2)CC1. The molecule has 3 heterocycles. The van der Waals surface area contributed by atoms with Gasteiger partial charge in [-0.1, -0.05) is 51.3 Å². The van der Waals surface area contributed by atoms with E-state index in [2.05, 4.69) is 25.8 Å². The molecular formula is C26H28BrCl2N5O4S. The molecule has 1 saturated heterocycles. The number of halogens is 3. The molecule has 2 aromatic carbocycles. The topological polar surface area (TPSA) is 88.0 Å². The molecule has 208 valence electrons. The van der Waals surface area contributed by atoms with Gasteiger partial charge in [-0.25, -0.2) is 18.3 Å². The van der Waals surface area contributed by atoms with Crippen LogP contribution < -0.4 is 4.90 Å². The Labute approximate surface area is 246 Å². The van der Waals surface area contributed by atoms with Crippen molar-refractivity contribution in [2.45, 2.75) is 23.9 Å². The zero-order valence-corrected chi connectivity index (χ0v) is 25.4. The molecule has 39 heavy (non-hydrogen) atoms. The maximum absolute atomic E-state index is 14.2. The molecule has 2 aliphatic rings. The van der Waals surface area contributed by atoms with Crippen LogP contribution in [0.1, 0.15) is 12.5 Å². The van der Waals surface area contributed by atoms with Crippen molar-refractivity contribution in [3.05, 3.63) is 68.7 Å². The number of rotatable bonds is 8. The first-order valence-corrected chi connectivity index (χ1v) is 15.4. The first-order chi connectivity index (χ1) is 18.5. The van der Waals surface area contributed by atoms with Crippen LogP contribution in [0.3, 0.4) is 0 Å². The van der Waals surface area contributed by atoms with E-state index in [0.717, 1.165) is 16.6 Å². The van der Waals surface area contributed by atoms with Gasteiger partial charge in [-0.15, -0.1) is 0 Å². The number of aromatic nitrogens is 2. The zero-order valence-electron chi connectivity index (χ0n) is 21.5. The Bertz CT molecular complexity index is 1470. The van der Waals surface area contributed by atoms with Crippen molar-refractivity contribution in [3.63, 3.8) is 0 Å². The molecule has 0 bridgehead atoms. The van der Waals surface area contributed by atoms with Crippen molar-refractivity contribution < 1.29 is 17.9 Å². The summed E-state index contributed by atoms with van der Waals surface area (Å²) in [6.07, 6.45) is 1.59. The summed E-state index contributed by atoms with van der Waals surface area (Å²) in [4.78, 5) is 22.2. The van der Waals surface area contributed by atoms with E-state index in [1.165, 1.54) is 15.4 Å². The van der Waals surface area contributed by atoms with Gasteiger partial charge in [-0.3, -0.25) is 14.3 Å². The van der Waals surface area contributed by atoms with E-state index in [0.29, 0.717) is 48.5 Å². The third kappa shape index (κ3) is 5.38. The number of carbonyl (C=O) groups is 1. The minimum Gasteiger partial charge on any atom is -0.383 e. The molecule has 0 unspecified atom stereocenters. The number of imidazole rings is 1. The highest BCUT2D eigenvalue weighted by atomic mass is 79.9. The Balaban J connectivity index is 1.57. The predicted octanol–water partition coefficient (Wildman–Crippen LogP) is 4.54. The van der Waals surface area contributed by atoms with Crippen LogP contribution in [-0.4, -0.2) is 79.5 Å². The average Bonchev–Trinajstić information content (AvgIpc) is 3.42. The van der Waals surface area contributed by atoms with Crippen LogP contribution in [0.15, 0.2) is 58.2 Å². The minimum absolute atomic E-state index is 0.0218. The number of nitrogens with zero attached hydrogens (tertiary/aromatic N) is 5. The highest BCUT2D eigenvalue weighted by Gasteiger charge is 2.52. The van der Waals surface area contributed by atoms with Crippen LogP contribution in [-0.2, 0) is 31.5 Å². The second-order valence-corrected chi connectivity index (χ2v) is 13.5. The fourth-order valence-electron chi connectivity index (χ4n) is 5.16. The van der Waals surface area contributed by atoms with Crippen LogP contribution in [0.25, 0.3) is 0 Å². The largest absolute Gasteiger partial charge is 0.383 e. The van der Waals surface area contributed by atoms with Gasteiger partial charge < -0.3 is 4.74 Å². The van der Waals surface area contributed by atoms with Crippen molar-refractivity contribution >= 4 is 66.7 Å². The predicted molar refractivity (Wildman–Crippen MR) is 154 cm³/mol. The molecule has 0 aliphatic carbocycles. The molecule has 1 amide bonds. The lowest BCUT2D eigenvalue weighted by Crippen LogP contribution is -2.50. The Hall–Kier alpha value is -1.99. The zero-order chi connectivity index (χ0) is 27.9. The summed E-state index contributed by atoms with van der Waals surface area (Å²) in [6.45, 7) is 4.91. The van der Waals surface area contributed by atoms with Crippen LogP contribution in [0.2, 0.25) is 10.0 Å². The van der Waals surface area contributed by atoms with E-state index in [4.69, 9.17) is 27.9 Å². The first-order valence-electron chi connectivity index (χ1n) is 12.4. The Morgan fingerprint density at radius 1 is 1.05 bits per heavy atom. The molecule has 1 atom stereocenters. The second-order valence-electron chi connectivity index (χ2n) is 9.82. The quantitative estimate of drug-likeness (QED) is 0.354. The van der Waals surface area contributed by atoms with Gasteiger partial charge in [0.25, 0.3) is 15.9 Å². The lowest BCUT2D eigenvalue weighted by molar-refractivity contribution is -0.124. The van der Waals surface area contributed by atoms with E-state index < -0.39 is 15.6 Å². The van der Waals surface area contributed by atoms with Crippen LogP contribution in [0.4, 0.5) is 11.6 Å². The van der Waals surface area contributed by atoms with Crippen molar-refractivity contribution in [2.75, 3.05) is 51.3 Å². The van der Waals surface area contributed by atoms with Gasteiger partial charge in [0.05, 0.1) is 18.5 Å². The summed E-state index contributed by atoms with van der Waals surface area (Å²) < 4.78 is 37.1. The lowest BCUT2D eigenvalue weighted by Gasteiger charge is -2.34. The standard InChI is InChI=1S/C26H28BrCl2N5O4S/c1-26(16-18-3-5-19(27)6-4-18)24(35)33(22-14-20(28)13-21(29)15-22)25-30-17-23(34(25)26)39(36,37)32-9-7-31(8-10-32)11-12-38-2/h3-6,13-15,17H,7-12,16H2,1-2H3/t26-/m1/s1. The van der Waals surface area contributed by atoms with Gasteiger partial charge in [0, 0.05) is 60.8 Å². The number of hydrogen-bond donors (Lipinski definition) is 0. The molecule has 3 aromatic rings. The van der Waals surface area contributed by atoms with E-state index in [-0.39, 0.29) is 23.3 Å². The molecule has 0 radical (unpaired) electrons. The number of fused-ring (bicyclic) bond motifs is 1. The number of sulfonamides is 1. The molecule has 13 heteroatoms. The molecular weight excluding hydrogens is 629 g/mol. The highest BCUT2D eigenvalue weighted by molar-refractivity contribution is 9.10. The Kier molecular flexibility index (Phi) is 8.13. The van der Waals surface area contributed by atoms with Crippen LogP contribution in [0.5, 0.6) is 0 Å². The van der Waals surface area contributed by atoms with E-state index in [1.807, 2.05) is 24.3 Å². The van der Waals surface area contributed by atoms with Crippen molar-refractivity contribution in [1.29, 1.82) is 0 Å². The molecule has 0 saturated carbocycles. The summed E-state index contributed by atoms with van der Waals surface area (Å²) in [7, 11) is -2.32. The molecule has 5 rings (SSSR count). The molecule has 0 spiro atoms. The highest BCUT2D eigenvalue weighted by Crippen LogP contribution is 2.45. The van der Waals surface area contributed by atoms with Crippen molar-refractivity contribution in [3.8, 4) is 0 Å². The average molecular weight is 657 g/mol. The van der Waals surface area contributed by atoms with Crippen molar-refractivity contribution in [2.24, 2.45) is 0 Å². The number of piperazine rings is 1. The van der Waals surface area contributed by atoms with Gasteiger partial charge in [-0.2, -0.15) is 4.31 Å². The third-order valence-electron chi connectivity index (χ3n) is 7.18. The summed E-state index contributed by atoms with van der Waals surface area (Å²) in [5, 5.41) is 0.680. The Morgan fingerprint density at radius 2 is 1.69 bits per heavy atom. The fraction of sp³-hybridized carbons (Fsp3) is 0.385. The normalized spacial score (nSPS) is 20.5. The minimum atomic E-state index is -3.97. The number of carbonyl (C=O) groups excluding carboxylic acids is 1. The molecule has 9 nitrogen and oxygen atoms in total. The van der Waals surface area contributed by atoms with E-state index >= 15 is 0 Å². The van der Waals surface area contributed by atoms with Gasteiger partial charge >= 0.3 is 0 Å². The number of ether oxygens (including phenoxy) is 1. The second kappa shape index (κ2) is 11.1. The monoisotopic (exact) mass is 655 g/mol. The number of benzene rings is 2. The number of anilines is 2. The fourth-order valence-corrected chi connectivity index (χ4v) is 7.55. The number of hydrogen-bond acceptors (Lipinski definition) is 6. The summed E-state index contributed by atoms with van der Waals surface area (Å²) >= 11 is 16.0. The maximum atomic E-state index is 14.2. The van der Waals surface area contributed by atoms with Gasteiger partial charge in [0.2, 0.25) is 5.95 Å². The molecule has 0 N–H and O–H groups in total. The Morgan fingerprint density at radius 3 is 2.31 bits per heavy atom. The number of amides is 1. The summed E-state index contributed by atoms with van der Waals surface area (Å²) in [5.74, 6) is -0.122. The maximum Gasteiger partial charge on any atom is 0.260 e. The smallest absolute Gasteiger partial charge is 0.260 e. The lowest BCUT2D eigenvalue weighted by atomic mass is 9.92. The molecule has 1 aromatic heterocycles. The third-order valence-corrected chi connectivity index (χ3v) is 10.0. The van der Waals surface area contributed by atoms with Gasteiger partial charge in [0.15, 0.2) is 5.03 Å². The van der Waals surface area contributed by atoms with Crippen LogP contribution >= 0.6 is 39.1 Å². The summed E-state index contributed by atoms with van der Waals surface area (Å²) in [5.41, 5.74) is 0.00584. The van der Waals surface area contributed by atoms with E-state index in [9.17, 15) is 13.2 Å². The van der Waals surface area contributed by atoms with Gasteiger partial charge in [-0.05, 0) is 42.8 Å². The van der Waals surface area contributed by atoms with Gasteiger partial charge in [0.1, 0.15) is 5.54 Å². The first kappa shape index (κ1) is 28.5. The van der Waals surface area contributed by atoms with Crippen molar-refractivity contribution in [1.82, 2.24) is 18.8 Å².